The van der Waals surface area contributed by atoms with Gasteiger partial charge in [-0.25, -0.2) is 10.4 Å². The maximum atomic E-state index is 12.4. The first-order valence-electron chi connectivity index (χ1n) is 11.1. The second-order valence-corrected chi connectivity index (χ2v) is 8.22. The summed E-state index contributed by atoms with van der Waals surface area (Å²) in [5.41, 5.74) is 9.71. The summed E-state index contributed by atoms with van der Waals surface area (Å²) in [5, 5.41) is 34.4. The first-order chi connectivity index (χ1) is 17.0. The Hall–Kier alpha value is -3.56. The monoisotopic (exact) mass is 486 g/mol. The Kier molecular flexibility index (Phi) is 6.36. The van der Waals surface area contributed by atoms with E-state index in [2.05, 4.69) is 30.4 Å². The van der Waals surface area contributed by atoms with Gasteiger partial charge >= 0.3 is 0 Å². The Labute approximate surface area is 198 Å². The van der Waals surface area contributed by atoms with Crippen LogP contribution in [0, 0.1) is 0 Å². The molecule has 0 amide bonds. The molecule has 2 aliphatic rings. The molecule has 4 heterocycles. The fourth-order valence-electron chi connectivity index (χ4n) is 4.17. The number of aromatic amines is 1. The molecule has 14 heteroatoms. The number of aliphatic hydroxyl groups is 3. The van der Waals surface area contributed by atoms with Gasteiger partial charge in [0.05, 0.1) is 26.0 Å². The molecule has 3 aromatic rings. The molecule has 0 saturated carbocycles. The third-order valence-corrected chi connectivity index (χ3v) is 5.99. The maximum Gasteiger partial charge on any atom is 0.280 e. The number of aliphatic hydroxyl groups excluding tert-OH is 3. The molecule has 1 aromatic carbocycles. The van der Waals surface area contributed by atoms with Gasteiger partial charge in [0.25, 0.3) is 5.56 Å². The molecule has 4 unspecified atom stereocenters. The Morgan fingerprint density at radius 1 is 1.20 bits per heavy atom. The lowest BCUT2D eigenvalue weighted by Gasteiger charge is -2.28. The molecule has 0 aliphatic carbocycles. The van der Waals surface area contributed by atoms with Crippen LogP contribution in [0.2, 0.25) is 0 Å². The minimum absolute atomic E-state index is 0.0219. The van der Waals surface area contributed by atoms with E-state index in [1.165, 1.54) is 4.57 Å². The number of nitrogens with zero attached hydrogens (tertiary/aromatic N) is 5. The van der Waals surface area contributed by atoms with Crippen molar-refractivity contribution < 1.29 is 24.8 Å². The van der Waals surface area contributed by atoms with Gasteiger partial charge in [-0.1, -0.05) is 12.1 Å². The van der Waals surface area contributed by atoms with Crippen molar-refractivity contribution >= 4 is 35.0 Å². The lowest BCUT2D eigenvalue weighted by atomic mass is 10.1. The number of hydrogen-bond donors (Lipinski definition) is 6. The summed E-state index contributed by atoms with van der Waals surface area (Å²) in [4.78, 5) is 25.3. The Bertz CT molecular complexity index is 1270. The van der Waals surface area contributed by atoms with Crippen LogP contribution in [-0.2, 0) is 9.47 Å². The number of nitrogens with one attached hydrogen (secondary N) is 2. The number of fused-ring (bicyclic) bond motifs is 1. The molecule has 4 atom stereocenters. The number of anilines is 3. The highest BCUT2D eigenvalue weighted by Crippen LogP contribution is 2.34. The third kappa shape index (κ3) is 4.44. The van der Waals surface area contributed by atoms with Crippen molar-refractivity contribution in [1.82, 2.24) is 19.5 Å². The number of ether oxygens (including phenoxy) is 2. The van der Waals surface area contributed by atoms with Crippen molar-refractivity contribution in [3.05, 3.63) is 40.2 Å². The molecule has 2 aromatic heterocycles. The van der Waals surface area contributed by atoms with Crippen molar-refractivity contribution in [2.75, 3.05) is 49.0 Å². The zero-order chi connectivity index (χ0) is 24.5. The highest BCUT2D eigenvalue weighted by molar-refractivity contribution is 5.81. The van der Waals surface area contributed by atoms with Crippen molar-refractivity contribution in [2.45, 2.75) is 24.5 Å². The van der Waals surface area contributed by atoms with Crippen LogP contribution in [0.3, 0.4) is 0 Å². The summed E-state index contributed by atoms with van der Waals surface area (Å²) in [6.45, 7) is 2.56. The average molecular weight is 486 g/mol. The number of nitrogens with two attached hydrogens (primary N) is 1. The van der Waals surface area contributed by atoms with Gasteiger partial charge in [0, 0.05) is 18.8 Å². The highest BCUT2D eigenvalue weighted by Gasteiger charge is 2.45. The molecule has 5 rings (SSSR count). The molecular formula is C21H26N8O6. The zero-order valence-corrected chi connectivity index (χ0v) is 18.6. The topological polar surface area (TPSA) is 196 Å². The van der Waals surface area contributed by atoms with E-state index in [0.717, 1.165) is 24.3 Å². The van der Waals surface area contributed by atoms with E-state index in [1.807, 2.05) is 24.3 Å². The van der Waals surface area contributed by atoms with E-state index in [4.69, 9.17) is 15.2 Å². The van der Waals surface area contributed by atoms with Crippen molar-refractivity contribution in [3.63, 3.8) is 0 Å². The van der Waals surface area contributed by atoms with Gasteiger partial charge in [-0.3, -0.25) is 14.3 Å². The van der Waals surface area contributed by atoms with Crippen molar-refractivity contribution in [3.8, 4) is 0 Å². The van der Waals surface area contributed by atoms with E-state index in [-0.39, 0.29) is 23.1 Å². The third-order valence-electron chi connectivity index (χ3n) is 5.99. The fraction of sp³-hybridized carbons (Fsp3) is 0.429. The van der Waals surface area contributed by atoms with Gasteiger partial charge < -0.3 is 35.4 Å². The number of rotatable bonds is 6. The van der Waals surface area contributed by atoms with Crippen LogP contribution in [0.25, 0.3) is 11.2 Å². The van der Waals surface area contributed by atoms with Gasteiger partial charge in [0.2, 0.25) is 11.9 Å². The van der Waals surface area contributed by atoms with Gasteiger partial charge in [0.1, 0.15) is 18.3 Å². The van der Waals surface area contributed by atoms with E-state index in [1.54, 1.807) is 6.21 Å². The molecule has 35 heavy (non-hydrogen) atoms. The van der Waals surface area contributed by atoms with Gasteiger partial charge in [-0.2, -0.15) is 10.1 Å². The summed E-state index contributed by atoms with van der Waals surface area (Å²) < 4.78 is 12.3. The van der Waals surface area contributed by atoms with E-state index in [0.29, 0.717) is 13.2 Å². The van der Waals surface area contributed by atoms with Gasteiger partial charge in [0.15, 0.2) is 17.4 Å². The van der Waals surface area contributed by atoms with E-state index in [9.17, 15) is 20.1 Å². The quantitative estimate of drug-likeness (QED) is 0.177. The molecule has 2 saturated heterocycles. The molecule has 2 fully saturated rings. The molecule has 186 valence electrons. The lowest BCUT2D eigenvalue weighted by molar-refractivity contribution is -0.0501. The number of aromatic nitrogens is 4. The second-order valence-electron chi connectivity index (χ2n) is 8.22. The average Bonchev–Trinajstić information content (AvgIpc) is 3.36. The van der Waals surface area contributed by atoms with Crippen LogP contribution < -0.4 is 21.6 Å². The van der Waals surface area contributed by atoms with Crippen molar-refractivity contribution in [2.24, 2.45) is 5.10 Å². The molecule has 0 radical (unpaired) electrons. The summed E-state index contributed by atoms with van der Waals surface area (Å²) >= 11 is 0. The number of hydrogen-bond acceptors (Lipinski definition) is 12. The molecule has 0 spiro atoms. The van der Waals surface area contributed by atoms with E-state index >= 15 is 0 Å². The summed E-state index contributed by atoms with van der Waals surface area (Å²) in [7, 11) is 0. The molecule has 14 nitrogen and oxygen atoms in total. The summed E-state index contributed by atoms with van der Waals surface area (Å²) in [6.07, 6.45) is -3.46. The molecule has 7 N–H and O–H groups in total. The number of benzene rings is 1. The van der Waals surface area contributed by atoms with Gasteiger partial charge in [-0.15, -0.1) is 0 Å². The SMILES string of the molecule is Nc1nc2c(nc(NN=Cc3ccc(N4CCOCC4)cc3)n2C2OC(CO)C(O)C2O)c(=O)[nH]1. The predicted molar refractivity (Wildman–Crippen MR) is 126 cm³/mol. The lowest BCUT2D eigenvalue weighted by Crippen LogP contribution is -2.36. The predicted octanol–water partition coefficient (Wildman–Crippen LogP) is -1.40. The number of hydrazone groups is 1. The molecular weight excluding hydrogens is 460 g/mol. The van der Waals surface area contributed by atoms with Crippen LogP contribution >= 0.6 is 0 Å². The summed E-state index contributed by atoms with van der Waals surface area (Å²) in [5.74, 6) is -0.134. The van der Waals surface area contributed by atoms with Crippen molar-refractivity contribution in [1.29, 1.82) is 0 Å². The first-order valence-corrected chi connectivity index (χ1v) is 11.1. The maximum absolute atomic E-state index is 12.4. The van der Waals surface area contributed by atoms with E-state index < -0.39 is 36.7 Å². The Balaban J connectivity index is 1.42. The van der Waals surface area contributed by atoms with Crippen LogP contribution in [0.5, 0.6) is 0 Å². The zero-order valence-electron chi connectivity index (χ0n) is 18.6. The van der Waals surface area contributed by atoms with Crippen LogP contribution in [0.4, 0.5) is 17.6 Å². The number of imidazole rings is 1. The Morgan fingerprint density at radius 2 is 1.94 bits per heavy atom. The van der Waals surface area contributed by atoms with Gasteiger partial charge in [-0.05, 0) is 17.7 Å². The second kappa shape index (κ2) is 9.59. The molecule has 2 aliphatic heterocycles. The first kappa shape index (κ1) is 23.2. The highest BCUT2D eigenvalue weighted by atomic mass is 16.6. The van der Waals surface area contributed by atoms with Crippen LogP contribution in [-0.4, -0.2) is 92.3 Å². The number of H-pyrrole nitrogens is 1. The normalized spacial score (nSPS) is 25.1. The number of morpholine rings is 1. The summed E-state index contributed by atoms with van der Waals surface area (Å²) in [6, 6.07) is 7.82. The van der Waals surface area contributed by atoms with Crippen LogP contribution in [0.1, 0.15) is 11.8 Å². The largest absolute Gasteiger partial charge is 0.394 e. The standard InChI is InChI=1S/C21H26N8O6/c22-20-25-17-14(18(33)26-20)24-21(29(17)19-16(32)15(31)13(10-30)35-19)27-23-9-11-1-3-12(4-2-11)28-5-7-34-8-6-28/h1-4,9,13,15-16,19,30-32H,5-8,10H2,(H,24,27)(H3,22,25,26,33). The minimum atomic E-state index is -1.43. The van der Waals surface area contributed by atoms with Crippen LogP contribution in [0.15, 0.2) is 34.2 Å². The molecule has 0 bridgehead atoms. The number of nitrogen functional groups attached to an aromatic ring is 1. The minimum Gasteiger partial charge on any atom is -0.394 e. The Morgan fingerprint density at radius 3 is 2.63 bits per heavy atom. The fourth-order valence-corrected chi connectivity index (χ4v) is 4.17. The smallest absolute Gasteiger partial charge is 0.280 e.